The highest BCUT2D eigenvalue weighted by molar-refractivity contribution is 6.74. The van der Waals surface area contributed by atoms with Crippen LogP contribution in [0.15, 0.2) is 0 Å². The quantitative estimate of drug-likeness (QED) is 0.198. The maximum atomic E-state index is 14.2. The lowest BCUT2D eigenvalue weighted by Gasteiger charge is -2.46. The van der Waals surface area contributed by atoms with Crippen LogP contribution in [0.2, 0.25) is 36.3 Å². The van der Waals surface area contributed by atoms with Gasteiger partial charge in [0.15, 0.2) is 16.6 Å². The van der Waals surface area contributed by atoms with Gasteiger partial charge < -0.3 is 18.7 Å². The van der Waals surface area contributed by atoms with E-state index in [0.717, 1.165) is 0 Å². The van der Waals surface area contributed by atoms with Gasteiger partial charge in [0.25, 0.3) is 0 Å². The lowest BCUT2D eigenvalue weighted by molar-refractivity contribution is -0.159. The fourth-order valence-corrected chi connectivity index (χ4v) is 6.65. The van der Waals surface area contributed by atoms with Gasteiger partial charge in [-0.1, -0.05) is 69.2 Å². The third-order valence-corrected chi connectivity index (χ3v) is 17.4. The molecular weight excluding hydrogens is 500 g/mol. The fourth-order valence-electron chi connectivity index (χ4n) is 3.74. The Morgan fingerprint density at radius 3 is 1.51 bits per heavy atom. The lowest BCUT2D eigenvalue weighted by Crippen LogP contribution is -2.54. The van der Waals surface area contributed by atoms with Gasteiger partial charge in [-0.3, -0.25) is 9.59 Å². The molecule has 0 aliphatic carbocycles. The molecule has 8 heteroatoms. The zero-order chi connectivity index (χ0) is 30.0. The second-order valence-corrected chi connectivity index (χ2v) is 25.0. The molecule has 0 spiro atoms. The maximum Gasteiger partial charge on any atom is 0.308 e. The Hall–Kier alpha value is -0.546. The van der Waals surface area contributed by atoms with Gasteiger partial charge in [0.05, 0.1) is 18.6 Å². The van der Waals surface area contributed by atoms with E-state index in [2.05, 4.69) is 67.7 Å². The van der Waals surface area contributed by atoms with Gasteiger partial charge in [-0.05, 0) is 57.0 Å². The van der Waals surface area contributed by atoms with Gasteiger partial charge in [0.1, 0.15) is 11.4 Å². The molecule has 0 saturated carbocycles. The Balaban J connectivity index is 6.42. The molecule has 0 rings (SSSR count). The van der Waals surface area contributed by atoms with Crippen molar-refractivity contribution in [2.75, 3.05) is 6.61 Å². The largest absolute Gasteiger partial charge is 0.460 e. The number of Topliss-reactive ketones (excluding diaryl/α,β-unsaturated/α-hetero) is 1. The smallest absolute Gasteiger partial charge is 0.308 e. The number of carbonyl (C=O) groups is 2. The molecule has 220 valence electrons. The summed E-state index contributed by atoms with van der Waals surface area (Å²) in [7, 11) is -4.55. The van der Waals surface area contributed by atoms with Gasteiger partial charge in [-0.2, -0.15) is 0 Å². The molecule has 37 heavy (non-hydrogen) atoms. The predicted molar refractivity (Wildman–Crippen MR) is 159 cm³/mol. The number of ketones is 1. The number of aliphatic hydroxyl groups excluding tert-OH is 1. The SMILES string of the molecule is C[C@@H](CO)[C@H](O[Si](C)(C)C(C)(C)C)[C@@H](C)C(=O)C(C)(C)[C@H](CC(=O)OC(C)(C)C)O[Si](C)(C)C(C)(C)C. The summed E-state index contributed by atoms with van der Waals surface area (Å²) in [6, 6.07) is 0. The lowest BCUT2D eigenvalue weighted by atomic mass is 9.73. The summed E-state index contributed by atoms with van der Waals surface area (Å²) in [6.07, 6.45) is -1.08. The second kappa shape index (κ2) is 12.3. The summed E-state index contributed by atoms with van der Waals surface area (Å²) in [4.78, 5) is 27.2. The van der Waals surface area contributed by atoms with Crippen LogP contribution in [0.4, 0.5) is 0 Å². The molecule has 0 aliphatic heterocycles. The van der Waals surface area contributed by atoms with Crippen LogP contribution in [0.1, 0.15) is 96.4 Å². The molecule has 1 N–H and O–H groups in total. The first kappa shape index (κ1) is 36.5. The van der Waals surface area contributed by atoms with E-state index in [0.29, 0.717) is 0 Å². The number of carbonyl (C=O) groups excluding carboxylic acids is 2. The average molecular weight is 561 g/mol. The molecule has 0 fully saturated rings. The van der Waals surface area contributed by atoms with E-state index in [4.69, 9.17) is 13.6 Å². The molecule has 0 saturated heterocycles. The number of hydrogen-bond donors (Lipinski definition) is 1. The van der Waals surface area contributed by atoms with Gasteiger partial charge >= 0.3 is 5.97 Å². The summed E-state index contributed by atoms with van der Waals surface area (Å²) < 4.78 is 19.2. The number of aliphatic hydroxyl groups is 1. The zero-order valence-electron chi connectivity index (χ0n) is 27.2. The minimum Gasteiger partial charge on any atom is -0.460 e. The van der Waals surface area contributed by atoms with Crippen molar-refractivity contribution in [3.8, 4) is 0 Å². The van der Waals surface area contributed by atoms with Crippen LogP contribution >= 0.6 is 0 Å². The first-order valence-electron chi connectivity index (χ1n) is 13.8. The molecular formula is C29H60O6Si2. The minimum absolute atomic E-state index is 0.00144. The molecule has 0 aliphatic rings. The van der Waals surface area contributed by atoms with Crippen molar-refractivity contribution in [3.05, 3.63) is 0 Å². The molecule has 0 aromatic carbocycles. The molecule has 4 atom stereocenters. The van der Waals surface area contributed by atoms with Crippen molar-refractivity contribution in [2.45, 2.75) is 151 Å². The zero-order valence-corrected chi connectivity index (χ0v) is 29.2. The molecule has 0 unspecified atom stereocenters. The summed E-state index contributed by atoms with van der Waals surface area (Å²) in [6.45, 7) is 34.6. The third-order valence-electron chi connectivity index (χ3n) is 8.45. The molecule has 0 heterocycles. The van der Waals surface area contributed by atoms with E-state index < -0.39 is 45.8 Å². The van der Waals surface area contributed by atoms with Gasteiger partial charge in [-0.15, -0.1) is 0 Å². The summed E-state index contributed by atoms with van der Waals surface area (Å²) >= 11 is 0. The van der Waals surface area contributed by atoms with Gasteiger partial charge in [-0.25, -0.2) is 0 Å². The van der Waals surface area contributed by atoms with Crippen LogP contribution in [-0.4, -0.2) is 57.9 Å². The monoisotopic (exact) mass is 560 g/mol. The molecule has 0 aromatic rings. The van der Waals surface area contributed by atoms with E-state index in [9.17, 15) is 14.7 Å². The van der Waals surface area contributed by atoms with E-state index in [1.54, 1.807) is 0 Å². The van der Waals surface area contributed by atoms with Crippen molar-refractivity contribution in [1.82, 2.24) is 0 Å². The Kier molecular flexibility index (Phi) is 12.1. The van der Waals surface area contributed by atoms with Crippen LogP contribution in [-0.2, 0) is 23.2 Å². The van der Waals surface area contributed by atoms with E-state index in [1.165, 1.54) is 0 Å². The molecule has 6 nitrogen and oxygen atoms in total. The first-order valence-corrected chi connectivity index (χ1v) is 19.6. The van der Waals surface area contributed by atoms with Crippen molar-refractivity contribution in [1.29, 1.82) is 0 Å². The number of ether oxygens (including phenoxy) is 1. The minimum atomic E-state index is -2.33. The van der Waals surface area contributed by atoms with Crippen LogP contribution in [0.25, 0.3) is 0 Å². The average Bonchev–Trinajstić information content (AvgIpc) is 2.66. The number of rotatable bonds is 12. The molecule has 0 radical (unpaired) electrons. The predicted octanol–water partition coefficient (Wildman–Crippen LogP) is 7.36. The summed E-state index contributed by atoms with van der Waals surface area (Å²) in [5.41, 5.74) is -1.60. The van der Waals surface area contributed by atoms with E-state index in [1.807, 2.05) is 48.5 Å². The number of esters is 1. The topological polar surface area (TPSA) is 82.1 Å². The van der Waals surface area contributed by atoms with Crippen LogP contribution < -0.4 is 0 Å². The van der Waals surface area contributed by atoms with Crippen LogP contribution in [0.5, 0.6) is 0 Å². The van der Waals surface area contributed by atoms with E-state index in [-0.39, 0.29) is 40.8 Å². The summed E-state index contributed by atoms with van der Waals surface area (Å²) in [5, 5.41) is 9.93. The highest BCUT2D eigenvalue weighted by Gasteiger charge is 2.50. The second-order valence-electron chi connectivity index (χ2n) is 15.5. The van der Waals surface area contributed by atoms with Crippen molar-refractivity contribution in [3.63, 3.8) is 0 Å². The van der Waals surface area contributed by atoms with Crippen LogP contribution in [0, 0.1) is 17.3 Å². The first-order chi connectivity index (χ1) is 16.1. The fraction of sp³-hybridized carbons (Fsp3) is 0.931. The van der Waals surface area contributed by atoms with Crippen LogP contribution in [0.3, 0.4) is 0 Å². The highest BCUT2D eigenvalue weighted by atomic mass is 28.4. The molecule has 0 bridgehead atoms. The van der Waals surface area contributed by atoms with Crippen molar-refractivity contribution >= 4 is 28.4 Å². The summed E-state index contributed by atoms with van der Waals surface area (Å²) in [5.74, 6) is -1.10. The number of hydrogen-bond acceptors (Lipinski definition) is 6. The normalized spacial score (nSPS) is 17.7. The Morgan fingerprint density at radius 1 is 0.757 bits per heavy atom. The Morgan fingerprint density at radius 2 is 1.16 bits per heavy atom. The van der Waals surface area contributed by atoms with Gasteiger partial charge in [0.2, 0.25) is 0 Å². The Labute approximate surface area is 230 Å². The highest BCUT2D eigenvalue weighted by Crippen LogP contribution is 2.43. The van der Waals surface area contributed by atoms with E-state index >= 15 is 0 Å². The standard InChI is InChI=1S/C29H60O6Si2/c1-20(19-30)24(35-37(16,17)28(9,10)11)21(2)25(32)29(12,13)22(18-23(31)33-26(3,4)5)34-36(14,15)27(6,7)8/h20-22,24,30H,18-19H2,1-17H3/t20-,21+,22-,24-/m0/s1. The maximum absolute atomic E-state index is 14.2. The van der Waals surface area contributed by atoms with Crippen molar-refractivity contribution < 1.29 is 28.3 Å². The molecule has 0 aromatic heterocycles. The molecule has 0 amide bonds. The van der Waals surface area contributed by atoms with Crippen molar-refractivity contribution in [2.24, 2.45) is 17.3 Å². The van der Waals surface area contributed by atoms with Gasteiger partial charge in [0, 0.05) is 23.9 Å². The third kappa shape index (κ3) is 10.2. The Bertz CT molecular complexity index is 769.